The molecular formula is C23H18FN3O2S2. The summed E-state index contributed by atoms with van der Waals surface area (Å²) in [6, 6.07) is 21.6. The van der Waals surface area contributed by atoms with Crippen molar-refractivity contribution in [2.75, 3.05) is 5.75 Å². The first-order valence-corrected chi connectivity index (χ1v) is 11.2. The number of aromatic nitrogens is 1. The maximum absolute atomic E-state index is 13.8. The maximum atomic E-state index is 13.8. The number of thiazole rings is 1. The smallest absolute Gasteiger partial charge is 0.250 e. The number of nitrogens with one attached hydrogen (secondary N) is 1. The normalized spacial score (nSPS) is 11.1. The van der Waals surface area contributed by atoms with Crippen LogP contribution in [0.25, 0.3) is 10.2 Å². The molecule has 1 N–H and O–H groups in total. The Labute approximate surface area is 187 Å². The second-order valence-electron chi connectivity index (χ2n) is 6.45. The molecule has 0 aliphatic heterocycles. The van der Waals surface area contributed by atoms with Gasteiger partial charge in [-0.05, 0) is 30.3 Å². The van der Waals surface area contributed by atoms with Crippen LogP contribution in [0.4, 0.5) is 4.39 Å². The summed E-state index contributed by atoms with van der Waals surface area (Å²) < 4.78 is 21.5. The Kier molecular flexibility index (Phi) is 6.91. The van der Waals surface area contributed by atoms with E-state index in [2.05, 4.69) is 15.5 Å². The highest BCUT2D eigenvalue weighted by Gasteiger charge is 2.08. The van der Waals surface area contributed by atoms with E-state index in [9.17, 15) is 9.18 Å². The number of amides is 1. The Morgan fingerprint density at radius 3 is 2.74 bits per heavy atom. The lowest BCUT2D eigenvalue weighted by atomic mass is 10.2. The van der Waals surface area contributed by atoms with E-state index in [0.29, 0.717) is 16.9 Å². The van der Waals surface area contributed by atoms with Crippen LogP contribution in [-0.2, 0) is 11.4 Å². The molecule has 3 aromatic carbocycles. The molecule has 8 heteroatoms. The SMILES string of the molecule is O=C(CSc1nc2ccccc2s1)N/N=C/c1ccccc1OCc1ccccc1F. The second kappa shape index (κ2) is 10.2. The van der Waals surface area contributed by atoms with Crippen molar-refractivity contribution < 1.29 is 13.9 Å². The zero-order valence-electron chi connectivity index (χ0n) is 16.3. The Bertz CT molecular complexity index is 1190. The summed E-state index contributed by atoms with van der Waals surface area (Å²) in [5.41, 5.74) is 4.59. The molecule has 31 heavy (non-hydrogen) atoms. The van der Waals surface area contributed by atoms with Gasteiger partial charge in [-0.15, -0.1) is 11.3 Å². The van der Waals surface area contributed by atoms with Crippen molar-refractivity contribution in [3.8, 4) is 5.75 Å². The van der Waals surface area contributed by atoms with Gasteiger partial charge in [0, 0.05) is 11.1 Å². The number of hydrogen-bond donors (Lipinski definition) is 1. The highest BCUT2D eigenvalue weighted by atomic mass is 32.2. The minimum absolute atomic E-state index is 0.0999. The van der Waals surface area contributed by atoms with Crippen LogP contribution in [0, 0.1) is 5.82 Å². The van der Waals surface area contributed by atoms with Crippen LogP contribution in [0.5, 0.6) is 5.75 Å². The monoisotopic (exact) mass is 451 g/mol. The van der Waals surface area contributed by atoms with Crippen LogP contribution >= 0.6 is 23.1 Å². The van der Waals surface area contributed by atoms with Crippen LogP contribution in [0.15, 0.2) is 82.2 Å². The van der Waals surface area contributed by atoms with E-state index < -0.39 is 0 Å². The Balaban J connectivity index is 1.31. The molecule has 0 spiro atoms. The van der Waals surface area contributed by atoms with Crippen molar-refractivity contribution in [2.24, 2.45) is 5.10 Å². The van der Waals surface area contributed by atoms with Gasteiger partial charge in [-0.3, -0.25) is 4.79 Å². The van der Waals surface area contributed by atoms with Crippen LogP contribution < -0.4 is 10.2 Å². The number of benzene rings is 3. The van der Waals surface area contributed by atoms with Crippen molar-refractivity contribution in [2.45, 2.75) is 10.9 Å². The molecule has 4 rings (SSSR count). The first kappa shape index (κ1) is 21.0. The lowest BCUT2D eigenvalue weighted by Crippen LogP contribution is -2.19. The first-order valence-electron chi connectivity index (χ1n) is 9.44. The molecule has 0 saturated carbocycles. The summed E-state index contributed by atoms with van der Waals surface area (Å²) in [6.45, 7) is 0.0999. The fourth-order valence-corrected chi connectivity index (χ4v) is 4.60. The van der Waals surface area contributed by atoms with Crippen molar-refractivity contribution in [3.05, 3.63) is 89.7 Å². The maximum Gasteiger partial charge on any atom is 0.250 e. The van der Waals surface area contributed by atoms with Gasteiger partial charge in [-0.25, -0.2) is 14.8 Å². The molecule has 5 nitrogen and oxygen atoms in total. The molecule has 0 aliphatic carbocycles. The summed E-state index contributed by atoms with van der Waals surface area (Å²) >= 11 is 2.93. The van der Waals surface area contributed by atoms with Gasteiger partial charge in [-0.2, -0.15) is 5.10 Å². The van der Waals surface area contributed by atoms with Gasteiger partial charge in [0.1, 0.15) is 18.2 Å². The molecule has 1 heterocycles. The number of hydrogen-bond acceptors (Lipinski definition) is 6. The predicted octanol–water partition coefficient (Wildman–Crippen LogP) is 5.26. The van der Waals surface area contributed by atoms with Crippen molar-refractivity contribution >= 4 is 45.4 Å². The standard InChI is InChI=1S/C23H18FN3O2S2/c24-18-9-3-1-8-17(18)14-29-20-11-5-2-7-16(20)13-25-27-22(28)15-30-23-26-19-10-4-6-12-21(19)31-23/h1-13H,14-15H2,(H,27,28)/b25-13+. The highest BCUT2D eigenvalue weighted by Crippen LogP contribution is 2.29. The van der Waals surface area contributed by atoms with Gasteiger partial charge in [0.05, 0.1) is 22.2 Å². The van der Waals surface area contributed by atoms with Gasteiger partial charge in [-0.1, -0.05) is 54.2 Å². The van der Waals surface area contributed by atoms with E-state index >= 15 is 0 Å². The topological polar surface area (TPSA) is 63.6 Å². The molecule has 1 amide bonds. The molecule has 0 aliphatic rings. The van der Waals surface area contributed by atoms with E-state index in [1.165, 1.54) is 24.0 Å². The third-order valence-corrected chi connectivity index (χ3v) is 6.43. The third kappa shape index (κ3) is 5.68. The third-order valence-electron chi connectivity index (χ3n) is 4.25. The van der Waals surface area contributed by atoms with Crippen LogP contribution in [0.3, 0.4) is 0 Å². The molecule has 0 radical (unpaired) electrons. The Morgan fingerprint density at radius 2 is 1.87 bits per heavy atom. The number of fused-ring (bicyclic) bond motifs is 1. The summed E-state index contributed by atoms with van der Waals surface area (Å²) in [5, 5.41) is 4.02. The molecular weight excluding hydrogens is 433 g/mol. The van der Waals surface area contributed by atoms with Gasteiger partial charge in [0.25, 0.3) is 5.91 Å². The van der Waals surface area contributed by atoms with E-state index in [4.69, 9.17) is 4.74 Å². The Morgan fingerprint density at radius 1 is 1.10 bits per heavy atom. The fraction of sp³-hybridized carbons (Fsp3) is 0.0870. The van der Waals surface area contributed by atoms with E-state index in [0.717, 1.165) is 14.6 Å². The van der Waals surface area contributed by atoms with Gasteiger partial charge >= 0.3 is 0 Å². The van der Waals surface area contributed by atoms with Gasteiger partial charge < -0.3 is 4.74 Å². The minimum atomic E-state index is -0.313. The molecule has 4 aromatic rings. The number of thioether (sulfide) groups is 1. The average Bonchev–Trinajstić information content (AvgIpc) is 3.21. The number of ether oxygens (including phenoxy) is 1. The molecule has 0 saturated heterocycles. The lowest BCUT2D eigenvalue weighted by molar-refractivity contribution is -0.118. The van der Waals surface area contributed by atoms with E-state index in [-0.39, 0.29) is 24.1 Å². The summed E-state index contributed by atoms with van der Waals surface area (Å²) in [6.07, 6.45) is 1.51. The van der Waals surface area contributed by atoms with Crippen molar-refractivity contribution in [1.82, 2.24) is 10.4 Å². The van der Waals surface area contributed by atoms with Gasteiger partial charge in [0.15, 0.2) is 4.34 Å². The molecule has 0 fully saturated rings. The number of hydrazone groups is 1. The van der Waals surface area contributed by atoms with E-state index in [1.54, 1.807) is 35.6 Å². The zero-order chi connectivity index (χ0) is 21.5. The number of para-hydroxylation sites is 2. The van der Waals surface area contributed by atoms with Crippen LogP contribution in [0.2, 0.25) is 0 Å². The van der Waals surface area contributed by atoms with Gasteiger partial charge in [0.2, 0.25) is 0 Å². The summed E-state index contributed by atoms with van der Waals surface area (Å²) in [7, 11) is 0. The Hall–Kier alpha value is -3.23. The summed E-state index contributed by atoms with van der Waals surface area (Å²) in [5.74, 6) is 0.215. The highest BCUT2D eigenvalue weighted by molar-refractivity contribution is 8.01. The van der Waals surface area contributed by atoms with Crippen LogP contribution in [0.1, 0.15) is 11.1 Å². The number of nitrogens with zero attached hydrogens (tertiary/aromatic N) is 2. The number of halogens is 1. The molecule has 0 bridgehead atoms. The summed E-state index contributed by atoms with van der Waals surface area (Å²) in [4.78, 5) is 16.6. The largest absolute Gasteiger partial charge is 0.488 e. The minimum Gasteiger partial charge on any atom is -0.488 e. The number of carbonyl (C=O) groups excluding carboxylic acids is 1. The fourth-order valence-electron chi connectivity index (χ4n) is 2.74. The first-order chi connectivity index (χ1) is 15.2. The zero-order valence-corrected chi connectivity index (χ0v) is 18.0. The second-order valence-corrected chi connectivity index (χ2v) is 8.70. The molecule has 1 aromatic heterocycles. The average molecular weight is 452 g/mol. The van der Waals surface area contributed by atoms with Crippen molar-refractivity contribution in [3.63, 3.8) is 0 Å². The molecule has 0 unspecified atom stereocenters. The van der Waals surface area contributed by atoms with E-state index in [1.807, 2.05) is 42.5 Å². The number of rotatable bonds is 8. The quantitative estimate of drug-likeness (QED) is 0.226. The lowest BCUT2D eigenvalue weighted by Gasteiger charge is -2.09. The van der Waals surface area contributed by atoms with Crippen molar-refractivity contribution in [1.29, 1.82) is 0 Å². The molecule has 0 atom stereocenters. The predicted molar refractivity (Wildman–Crippen MR) is 123 cm³/mol. The molecule has 156 valence electrons. The van der Waals surface area contributed by atoms with Crippen LogP contribution in [-0.4, -0.2) is 22.9 Å². The number of carbonyl (C=O) groups is 1.